The summed E-state index contributed by atoms with van der Waals surface area (Å²) in [5.41, 5.74) is 3.79. The van der Waals surface area contributed by atoms with Gasteiger partial charge in [-0.25, -0.2) is 0 Å². The van der Waals surface area contributed by atoms with E-state index < -0.39 is 23.7 Å². The molecule has 2 amide bonds. The minimum atomic E-state index is -0.763. The molecule has 0 bridgehead atoms. The number of aromatic hydroxyl groups is 1. The normalized spacial score (nSPS) is 23.8. The molecule has 0 spiro atoms. The van der Waals surface area contributed by atoms with Crippen LogP contribution in [0.4, 0.5) is 5.69 Å². The Hall–Kier alpha value is -4.95. The van der Waals surface area contributed by atoms with Crippen LogP contribution in [0.2, 0.25) is 0 Å². The van der Waals surface area contributed by atoms with Gasteiger partial charge in [-0.3, -0.25) is 28.9 Å². The molecule has 4 atom stereocenters. The predicted molar refractivity (Wildman–Crippen MR) is 175 cm³/mol. The number of Topliss-reactive ketones (excluding diaryl/α,β-unsaturated/α-hetero) is 1. The molecule has 8 heteroatoms. The number of hydrogen-bond acceptors (Lipinski definition) is 6. The molecule has 1 fully saturated rings. The van der Waals surface area contributed by atoms with E-state index in [-0.39, 0.29) is 52.2 Å². The van der Waals surface area contributed by atoms with Crippen molar-refractivity contribution in [2.75, 3.05) is 4.90 Å². The molecule has 3 aromatic carbocycles. The molecule has 4 aliphatic rings. The Morgan fingerprint density at radius 1 is 0.913 bits per heavy atom. The summed E-state index contributed by atoms with van der Waals surface area (Å²) in [4.78, 5) is 69.2. The second kappa shape index (κ2) is 11.4. The molecular formula is C38H28BrNO6. The number of allylic oxidation sites excluding steroid dienone is 7. The van der Waals surface area contributed by atoms with Gasteiger partial charge in [-0.15, -0.1) is 6.58 Å². The van der Waals surface area contributed by atoms with E-state index >= 15 is 0 Å². The highest BCUT2D eigenvalue weighted by Gasteiger charge is 2.57. The molecule has 4 unspecified atom stereocenters. The van der Waals surface area contributed by atoms with Crippen molar-refractivity contribution in [1.29, 1.82) is 0 Å². The van der Waals surface area contributed by atoms with Crippen molar-refractivity contribution < 1.29 is 29.1 Å². The monoisotopic (exact) mass is 673 g/mol. The zero-order valence-electron chi connectivity index (χ0n) is 24.6. The number of imide groups is 1. The number of benzene rings is 3. The summed E-state index contributed by atoms with van der Waals surface area (Å²) in [5, 5.41) is 11.4. The number of anilines is 1. The highest BCUT2D eigenvalue weighted by Crippen LogP contribution is 2.56. The maximum Gasteiger partial charge on any atom is 0.238 e. The van der Waals surface area contributed by atoms with Crippen LogP contribution in [-0.4, -0.2) is 34.3 Å². The third kappa shape index (κ3) is 4.58. The van der Waals surface area contributed by atoms with E-state index in [1.165, 1.54) is 11.0 Å². The van der Waals surface area contributed by atoms with E-state index in [0.717, 1.165) is 5.57 Å². The standard InChI is InChI=1S/C38H28BrNO6/c1-2-7-20-10-6-11-25(35(20)43)31-24-16-17-26-32(27(24)18-28-33(31)30(41)19-29(39)36(28)44)38(46)40(37(26)45)23-14-12-22(13-15-23)34(42)21-8-4-3-5-9-21/h2-6,8-16,19,26-27,31-32,43H,1,7,17-18H2. The minimum Gasteiger partial charge on any atom is -0.507 e. The Morgan fingerprint density at radius 3 is 2.35 bits per heavy atom. The molecule has 1 N–H and O–H groups in total. The second-order valence-electron chi connectivity index (χ2n) is 12.0. The smallest absolute Gasteiger partial charge is 0.238 e. The molecule has 7 nitrogen and oxygen atoms in total. The van der Waals surface area contributed by atoms with Gasteiger partial charge in [0.2, 0.25) is 11.8 Å². The summed E-state index contributed by atoms with van der Waals surface area (Å²) in [6, 6.07) is 20.6. The Balaban J connectivity index is 1.27. The zero-order valence-corrected chi connectivity index (χ0v) is 26.2. The van der Waals surface area contributed by atoms with Crippen LogP contribution in [-0.2, 0) is 25.6 Å². The molecule has 7 rings (SSSR count). The maximum atomic E-state index is 14.2. The Kier molecular flexibility index (Phi) is 7.40. The molecule has 0 aromatic heterocycles. The fraction of sp³-hybridized carbons (Fsp3) is 0.184. The number of amides is 2. The fourth-order valence-corrected chi connectivity index (χ4v) is 7.95. The van der Waals surface area contributed by atoms with E-state index in [1.807, 2.05) is 12.1 Å². The first-order valence-electron chi connectivity index (χ1n) is 15.1. The molecule has 3 aliphatic carbocycles. The van der Waals surface area contributed by atoms with Gasteiger partial charge in [0.1, 0.15) is 5.75 Å². The highest BCUT2D eigenvalue weighted by molar-refractivity contribution is 9.12. The lowest BCUT2D eigenvalue weighted by Gasteiger charge is -2.42. The summed E-state index contributed by atoms with van der Waals surface area (Å²) < 4.78 is 0.139. The SMILES string of the molecule is C=CCc1cccc(C2C3=CCC4C(=O)N(c5ccc(C(=O)c6ccccc6)cc5)C(=O)C4C3CC3=C2C(=O)C=C(Br)C3=O)c1O. The van der Waals surface area contributed by atoms with Crippen LogP contribution in [0.3, 0.4) is 0 Å². The Morgan fingerprint density at radius 2 is 1.63 bits per heavy atom. The van der Waals surface area contributed by atoms with Crippen LogP contribution >= 0.6 is 15.9 Å². The van der Waals surface area contributed by atoms with Gasteiger partial charge in [-0.2, -0.15) is 0 Å². The maximum absolute atomic E-state index is 14.2. The van der Waals surface area contributed by atoms with Crippen LogP contribution in [0.25, 0.3) is 0 Å². The van der Waals surface area contributed by atoms with Crippen molar-refractivity contribution in [3.63, 3.8) is 0 Å². The van der Waals surface area contributed by atoms with Crippen molar-refractivity contribution >= 4 is 50.8 Å². The minimum absolute atomic E-state index is 0.0115. The van der Waals surface area contributed by atoms with Crippen molar-refractivity contribution in [1.82, 2.24) is 0 Å². The molecule has 1 saturated heterocycles. The summed E-state index contributed by atoms with van der Waals surface area (Å²) >= 11 is 3.24. The number of ketones is 3. The second-order valence-corrected chi connectivity index (χ2v) is 12.8. The van der Waals surface area contributed by atoms with Crippen molar-refractivity contribution in [3.05, 3.63) is 141 Å². The van der Waals surface area contributed by atoms with Gasteiger partial charge in [0.25, 0.3) is 0 Å². The predicted octanol–water partition coefficient (Wildman–Crippen LogP) is 6.32. The van der Waals surface area contributed by atoms with Gasteiger partial charge in [-0.1, -0.05) is 66.3 Å². The molecule has 1 aliphatic heterocycles. The van der Waals surface area contributed by atoms with Gasteiger partial charge >= 0.3 is 0 Å². The highest BCUT2D eigenvalue weighted by atomic mass is 79.9. The molecule has 46 heavy (non-hydrogen) atoms. The van der Waals surface area contributed by atoms with Crippen molar-refractivity contribution in [3.8, 4) is 5.75 Å². The van der Waals surface area contributed by atoms with Crippen LogP contribution in [0.1, 0.15) is 45.8 Å². The Labute approximate surface area is 273 Å². The third-order valence-electron chi connectivity index (χ3n) is 9.58. The number of fused-ring (bicyclic) bond motifs is 3. The van der Waals surface area contributed by atoms with E-state index in [2.05, 4.69) is 22.5 Å². The van der Waals surface area contributed by atoms with E-state index in [4.69, 9.17) is 0 Å². The number of hydrogen-bond donors (Lipinski definition) is 1. The number of phenols is 1. The lowest BCUT2D eigenvalue weighted by atomic mass is 9.59. The zero-order chi connectivity index (χ0) is 32.3. The molecule has 228 valence electrons. The van der Waals surface area contributed by atoms with Gasteiger partial charge in [0.05, 0.1) is 22.0 Å². The van der Waals surface area contributed by atoms with Crippen molar-refractivity contribution in [2.45, 2.75) is 25.2 Å². The van der Waals surface area contributed by atoms with Crippen LogP contribution in [0, 0.1) is 17.8 Å². The average molecular weight is 675 g/mol. The number of nitrogens with zero attached hydrogens (tertiary/aromatic N) is 1. The first kappa shape index (κ1) is 29.7. The van der Waals surface area contributed by atoms with Crippen molar-refractivity contribution in [2.24, 2.45) is 17.8 Å². The molecule has 3 aromatic rings. The molecule has 1 heterocycles. The lowest BCUT2D eigenvalue weighted by Crippen LogP contribution is -2.39. The molecule has 0 saturated carbocycles. The van der Waals surface area contributed by atoms with Gasteiger partial charge in [-0.05, 0) is 70.9 Å². The van der Waals surface area contributed by atoms with Gasteiger partial charge in [0.15, 0.2) is 17.3 Å². The lowest BCUT2D eigenvalue weighted by molar-refractivity contribution is -0.123. The van der Waals surface area contributed by atoms with Crippen LogP contribution < -0.4 is 4.90 Å². The Bertz CT molecular complexity index is 1970. The number of phenolic OH excluding ortho intramolecular Hbond substituents is 1. The fourth-order valence-electron chi connectivity index (χ4n) is 7.50. The molecule has 0 radical (unpaired) electrons. The largest absolute Gasteiger partial charge is 0.507 e. The number of carbonyl (C=O) groups excluding carboxylic acids is 5. The van der Waals surface area contributed by atoms with Crippen LogP contribution in [0.15, 0.2) is 119 Å². The van der Waals surface area contributed by atoms with Crippen LogP contribution in [0.5, 0.6) is 5.75 Å². The summed E-state index contributed by atoms with van der Waals surface area (Å²) in [6.07, 6.45) is 5.66. The topological polar surface area (TPSA) is 109 Å². The average Bonchev–Trinajstić information content (AvgIpc) is 3.33. The quantitative estimate of drug-likeness (QED) is 0.142. The number of carbonyl (C=O) groups is 5. The molecular weight excluding hydrogens is 646 g/mol. The number of halogens is 1. The summed E-state index contributed by atoms with van der Waals surface area (Å²) in [5.74, 6) is -4.26. The van der Waals surface area contributed by atoms with Gasteiger partial charge < -0.3 is 5.11 Å². The first-order chi connectivity index (χ1) is 22.2. The number of rotatable bonds is 6. The summed E-state index contributed by atoms with van der Waals surface area (Å²) in [7, 11) is 0. The summed E-state index contributed by atoms with van der Waals surface area (Å²) in [6.45, 7) is 3.78. The van der Waals surface area contributed by atoms with E-state index in [1.54, 1.807) is 72.8 Å². The number of para-hydroxylation sites is 1. The first-order valence-corrected chi connectivity index (χ1v) is 15.9. The van der Waals surface area contributed by atoms with E-state index in [0.29, 0.717) is 45.5 Å². The third-order valence-corrected chi connectivity index (χ3v) is 10.2. The van der Waals surface area contributed by atoms with E-state index in [9.17, 15) is 29.1 Å². The van der Waals surface area contributed by atoms with Gasteiger partial charge in [0, 0.05) is 39.8 Å².